The number of unbranched alkanes of at least 4 members (excludes halogenated alkanes) is 5. The number of nitrogens with zero attached hydrogens (tertiary/aromatic N) is 3. The lowest BCUT2D eigenvalue weighted by atomic mass is 9.91. The zero-order valence-corrected chi connectivity index (χ0v) is 47.8. The fourth-order valence-corrected chi connectivity index (χ4v) is 11.4. The van der Waals surface area contributed by atoms with Gasteiger partial charge in [0.2, 0.25) is 47.3 Å². The van der Waals surface area contributed by atoms with E-state index in [1.54, 1.807) is 0 Å². The van der Waals surface area contributed by atoms with Crippen molar-refractivity contribution >= 4 is 59.0 Å². The molecule has 0 radical (unpaired) electrons. The smallest absolute Gasteiger partial charge is 0.248 e. The number of hydrogen-bond acceptors (Lipinski definition) is 18. The molecule has 1 aromatic rings. The highest BCUT2D eigenvalue weighted by Gasteiger charge is 2.49. The Morgan fingerprint density at radius 2 is 1.36 bits per heavy atom. The topological polar surface area (TPSA) is 394 Å². The van der Waals surface area contributed by atoms with Crippen molar-refractivity contribution in [1.29, 1.82) is 0 Å². The number of fused-ring (bicyclic) bond motifs is 2. The number of phenolic OH excluding ortho intramolecular Hbond substituents is 1. The van der Waals surface area contributed by atoms with Crippen LogP contribution in [0.3, 0.4) is 0 Å². The maximum atomic E-state index is 14.7. The number of aliphatic hydroxyl groups excluding tert-OH is 7. The van der Waals surface area contributed by atoms with Crippen LogP contribution in [0.4, 0.5) is 0 Å². The van der Waals surface area contributed by atoms with Crippen LogP contribution >= 0.6 is 11.8 Å². The van der Waals surface area contributed by atoms with E-state index >= 15 is 0 Å². The van der Waals surface area contributed by atoms with Crippen LogP contribution in [0.2, 0.25) is 0 Å². The van der Waals surface area contributed by atoms with Gasteiger partial charge in [0.05, 0.1) is 36.3 Å². The molecule has 2 unspecified atom stereocenters. The average Bonchev–Trinajstić information content (AvgIpc) is 4.11. The highest BCUT2D eigenvalue weighted by molar-refractivity contribution is 8.00. The zero-order valence-electron chi connectivity index (χ0n) is 46.9. The molecule has 1 aromatic carbocycles. The summed E-state index contributed by atoms with van der Waals surface area (Å²) in [5.74, 6) is -7.48. The molecule has 25 nitrogen and oxygen atoms in total. The van der Waals surface area contributed by atoms with Crippen LogP contribution < -0.4 is 32.3 Å². The first-order chi connectivity index (χ1) is 37.8. The SMILES string of the molecule is CCC(C)CC(C)CCCCCCCCC(=O)N[C@H]1C[C@@H](O)[C@@H](SCC(=O)N(C)C)NC(=O)[C@@H]2[C@@H](O)CCN2C(=O)[C@H]([C@H](O)CCN)NC(=O)[C@H]([C@H](O)[C@@H](O)c2ccc(O)cc2)NC(=O)[C@@H]2C[C@@H](O)CN2C(=O)[C@H]([C@@H](C)O)NC1=O. The third-order valence-electron chi connectivity index (χ3n) is 15.2. The average molecular weight is 1150 g/mol. The molecule has 0 bridgehead atoms. The number of thioether (sulfide) groups is 1. The van der Waals surface area contributed by atoms with E-state index < -0.39 is 151 Å². The molecule has 3 saturated heterocycles. The quantitative estimate of drug-likeness (QED) is 0.0525. The van der Waals surface area contributed by atoms with Gasteiger partial charge in [-0.2, -0.15) is 0 Å². The van der Waals surface area contributed by atoms with Crippen LogP contribution in [0.25, 0.3) is 0 Å². The summed E-state index contributed by atoms with van der Waals surface area (Å²) in [6.45, 7) is 6.71. The van der Waals surface area contributed by atoms with Gasteiger partial charge in [-0.15, -0.1) is 11.8 Å². The normalized spacial score (nSPS) is 27.9. The van der Waals surface area contributed by atoms with Gasteiger partial charge in [-0.1, -0.05) is 77.8 Å². The Morgan fingerprint density at radius 1 is 0.750 bits per heavy atom. The van der Waals surface area contributed by atoms with Gasteiger partial charge < -0.3 is 87.9 Å². The van der Waals surface area contributed by atoms with Crippen LogP contribution in [-0.4, -0.2) is 221 Å². The molecule has 3 aliphatic rings. The highest BCUT2D eigenvalue weighted by atomic mass is 32.2. The standard InChI is InChI=1S/C54H89N9O16S/c1-7-29(2)24-30(3)14-12-10-8-9-11-13-15-40(70)56-35-26-39(69)52(80-28-41(71)61(5)6)60-51(77)45-38(68)21-23-62(45)54(79)43(37(67)20-22-55)58-50(76)44(47(73)46(72)32-16-18-33(65)19-17-32)59-49(75)36-25-34(66)27-63(36)53(78)42(31(4)64)57-48(35)74/h16-19,29-31,34-39,42-47,52,64-69,72-73H,7-15,20-28,55H2,1-6H3,(H,56,70)(H,57,74)(H,58,76)(H,59,75)(H,60,77)/t29?,30?,31-,34-,35+,36+,37-,38+,39-,42+,43+,44+,45+,46+,47+,52-/m1/s1. The van der Waals surface area contributed by atoms with Crippen molar-refractivity contribution in [3.8, 4) is 5.75 Å². The molecule has 15 N–H and O–H groups in total. The van der Waals surface area contributed by atoms with Crippen molar-refractivity contribution in [2.45, 2.75) is 202 Å². The van der Waals surface area contributed by atoms with Gasteiger partial charge in [-0.05, 0) is 68.7 Å². The predicted octanol–water partition coefficient (Wildman–Crippen LogP) is -2.04. The summed E-state index contributed by atoms with van der Waals surface area (Å²) in [4.78, 5) is 117. The van der Waals surface area contributed by atoms with Crippen LogP contribution in [0.1, 0.15) is 129 Å². The lowest BCUT2D eigenvalue weighted by Gasteiger charge is -2.35. The highest BCUT2D eigenvalue weighted by Crippen LogP contribution is 2.28. The van der Waals surface area contributed by atoms with Crippen molar-refractivity contribution in [1.82, 2.24) is 41.3 Å². The van der Waals surface area contributed by atoms with Crippen molar-refractivity contribution in [3.63, 3.8) is 0 Å². The Bertz CT molecular complexity index is 2210. The molecule has 4 rings (SSSR count). The zero-order chi connectivity index (χ0) is 59.5. The predicted molar refractivity (Wildman–Crippen MR) is 294 cm³/mol. The number of nitrogens with one attached hydrogen (secondary N) is 5. The largest absolute Gasteiger partial charge is 0.508 e. The molecule has 3 fully saturated rings. The van der Waals surface area contributed by atoms with Gasteiger partial charge in [-0.3, -0.25) is 38.4 Å². The van der Waals surface area contributed by atoms with E-state index in [0.29, 0.717) is 36.4 Å². The summed E-state index contributed by atoms with van der Waals surface area (Å²) in [5.41, 5.74) is 5.70. The van der Waals surface area contributed by atoms with Gasteiger partial charge >= 0.3 is 0 Å². The van der Waals surface area contributed by atoms with E-state index in [9.17, 15) is 79.2 Å². The second-order valence-electron chi connectivity index (χ2n) is 22.1. The van der Waals surface area contributed by atoms with Gasteiger partial charge in [0, 0.05) is 46.4 Å². The van der Waals surface area contributed by atoms with E-state index in [0.717, 1.165) is 67.4 Å². The maximum Gasteiger partial charge on any atom is 0.248 e. The first-order valence-corrected chi connectivity index (χ1v) is 29.0. The molecule has 0 aliphatic carbocycles. The first kappa shape index (κ1) is 67.3. The Kier molecular flexibility index (Phi) is 27.3. The van der Waals surface area contributed by atoms with E-state index in [1.165, 1.54) is 37.5 Å². The van der Waals surface area contributed by atoms with E-state index in [1.807, 2.05) is 0 Å². The molecular formula is C54H89N9O16S. The molecule has 80 heavy (non-hydrogen) atoms. The molecule has 0 spiro atoms. The number of rotatable bonds is 23. The second kappa shape index (κ2) is 32.4. The maximum absolute atomic E-state index is 14.7. The number of hydrogen-bond donors (Lipinski definition) is 14. The molecule has 0 saturated carbocycles. The molecule has 26 heteroatoms. The minimum Gasteiger partial charge on any atom is -0.508 e. The van der Waals surface area contributed by atoms with E-state index in [-0.39, 0.29) is 49.4 Å². The van der Waals surface area contributed by atoms with Gasteiger partial charge in [0.15, 0.2) is 0 Å². The fraction of sp³-hybridized carbons (Fsp3) is 0.741. The molecule has 3 aliphatic heterocycles. The minimum absolute atomic E-state index is 0.0529. The number of amides is 8. The Labute approximate surface area is 472 Å². The van der Waals surface area contributed by atoms with Gasteiger partial charge in [0.1, 0.15) is 59.6 Å². The fourth-order valence-electron chi connectivity index (χ4n) is 10.2. The molecule has 452 valence electrons. The van der Waals surface area contributed by atoms with Gasteiger partial charge in [0.25, 0.3) is 0 Å². The number of phenols is 1. The molecule has 16 atom stereocenters. The summed E-state index contributed by atoms with van der Waals surface area (Å²) in [7, 11) is 2.93. The van der Waals surface area contributed by atoms with E-state index in [2.05, 4.69) is 47.4 Å². The minimum atomic E-state index is -2.30. The van der Waals surface area contributed by atoms with Crippen molar-refractivity contribution < 1.29 is 79.2 Å². The van der Waals surface area contributed by atoms with Gasteiger partial charge in [-0.25, -0.2) is 0 Å². The summed E-state index contributed by atoms with van der Waals surface area (Å²) in [5, 5.41) is 101. The molecular weight excluding hydrogens is 1060 g/mol. The number of benzene rings is 1. The monoisotopic (exact) mass is 1150 g/mol. The number of aliphatic hydroxyl groups is 7. The number of carbonyl (C=O) groups is 8. The van der Waals surface area contributed by atoms with Crippen LogP contribution in [0.15, 0.2) is 24.3 Å². The lowest BCUT2D eigenvalue weighted by Crippen LogP contribution is -2.64. The van der Waals surface area contributed by atoms with Crippen molar-refractivity contribution in [2.24, 2.45) is 17.6 Å². The summed E-state index contributed by atoms with van der Waals surface area (Å²) >= 11 is 0.714. The van der Waals surface area contributed by atoms with Crippen LogP contribution in [0, 0.1) is 11.8 Å². The Morgan fingerprint density at radius 3 is 1.99 bits per heavy atom. The van der Waals surface area contributed by atoms with Crippen molar-refractivity contribution in [2.75, 3.05) is 39.5 Å². The third kappa shape index (κ3) is 19.5. The Hall–Kier alpha value is -5.19. The summed E-state index contributed by atoms with van der Waals surface area (Å²) < 4.78 is 0. The van der Waals surface area contributed by atoms with Crippen molar-refractivity contribution in [3.05, 3.63) is 29.8 Å². The number of aromatic hydroxyl groups is 1. The van der Waals surface area contributed by atoms with Crippen LogP contribution in [0.5, 0.6) is 5.75 Å². The lowest BCUT2D eigenvalue weighted by molar-refractivity contribution is -0.148. The Balaban J connectivity index is 1.77. The first-order valence-electron chi connectivity index (χ1n) is 28.0. The molecule has 3 heterocycles. The van der Waals surface area contributed by atoms with E-state index in [4.69, 9.17) is 5.73 Å². The summed E-state index contributed by atoms with van der Waals surface area (Å²) in [6, 6.07) is -6.63. The molecule has 8 amide bonds. The number of carbonyl (C=O) groups excluding carboxylic acids is 8. The van der Waals surface area contributed by atoms with Crippen LogP contribution in [-0.2, 0) is 38.4 Å². The second-order valence-corrected chi connectivity index (χ2v) is 23.2. The summed E-state index contributed by atoms with van der Waals surface area (Å²) in [6.07, 6.45) is -5.94. The molecule has 0 aromatic heterocycles. The third-order valence-corrected chi connectivity index (χ3v) is 16.4. The number of nitrogens with two attached hydrogens (primary N) is 1.